The van der Waals surface area contributed by atoms with Crippen LogP contribution < -0.4 is 4.90 Å². The van der Waals surface area contributed by atoms with Gasteiger partial charge in [0.05, 0.1) is 13.2 Å². The third kappa shape index (κ3) is 1.39. The number of aromatic nitrogens is 1. The molecule has 0 atom stereocenters. The van der Waals surface area contributed by atoms with E-state index >= 15 is 0 Å². The molecule has 1 saturated heterocycles. The summed E-state index contributed by atoms with van der Waals surface area (Å²) in [7, 11) is 1.62. The van der Waals surface area contributed by atoms with Crippen LogP contribution in [0.5, 0.6) is 11.8 Å². The zero-order chi connectivity index (χ0) is 10.1. The van der Waals surface area contributed by atoms with E-state index < -0.39 is 0 Å². The second kappa shape index (κ2) is 3.42. The number of rotatable bonds is 1. The lowest BCUT2D eigenvalue weighted by molar-refractivity contribution is 0.122. The lowest BCUT2D eigenvalue weighted by atomic mass is 10.3. The summed E-state index contributed by atoms with van der Waals surface area (Å²) in [6, 6.07) is 1.57. The van der Waals surface area contributed by atoms with Crippen LogP contribution in [0, 0.1) is 0 Å². The Morgan fingerprint density at radius 3 is 2.43 bits per heavy atom. The van der Waals surface area contributed by atoms with Crippen molar-refractivity contribution >= 4 is 5.69 Å². The molecule has 1 fully saturated rings. The minimum absolute atomic E-state index is 0.0731. The Bertz CT molecular complexity index is 329. The van der Waals surface area contributed by atoms with Gasteiger partial charge in [0.2, 0.25) is 5.88 Å². The second-order valence-corrected chi connectivity index (χ2v) is 3.37. The fourth-order valence-electron chi connectivity index (χ4n) is 1.60. The number of hydrogen-bond donors (Lipinski definition) is 2. The summed E-state index contributed by atoms with van der Waals surface area (Å²) in [5.74, 6) is 0.174. The van der Waals surface area contributed by atoms with E-state index in [1.54, 1.807) is 13.1 Å². The van der Waals surface area contributed by atoms with Crippen LogP contribution in [0.15, 0.2) is 6.07 Å². The summed E-state index contributed by atoms with van der Waals surface area (Å²) in [6.45, 7) is 2.82. The lowest BCUT2D eigenvalue weighted by Gasteiger charge is -2.27. The maximum atomic E-state index is 9.69. The van der Waals surface area contributed by atoms with Gasteiger partial charge in [-0.05, 0) is 0 Å². The lowest BCUT2D eigenvalue weighted by Crippen LogP contribution is -2.36. The van der Waals surface area contributed by atoms with Gasteiger partial charge in [-0.1, -0.05) is 0 Å². The first-order valence-electron chi connectivity index (χ1n) is 4.60. The van der Waals surface area contributed by atoms with E-state index in [0.29, 0.717) is 18.9 Å². The van der Waals surface area contributed by atoms with E-state index in [1.807, 2.05) is 4.90 Å². The Hall–Kier alpha value is -1.36. The van der Waals surface area contributed by atoms with Crippen LogP contribution >= 0.6 is 0 Å². The second-order valence-electron chi connectivity index (χ2n) is 3.37. The van der Waals surface area contributed by atoms with Crippen LogP contribution in [0.25, 0.3) is 0 Å². The molecule has 5 heteroatoms. The highest BCUT2D eigenvalue weighted by atomic mass is 16.5. The molecule has 0 aliphatic carbocycles. The first-order chi connectivity index (χ1) is 6.70. The van der Waals surface area contributed by atoms with E-state index in [2.05, 4.69) is 0 Å². The van der Waals surface area contributed by atoms with Gasteiger partial charge < -0.3 is 19.8 Å². The van der Waals surface area contributed by atoms with Crippen molar-refractivity contribution in [3.63, 3.8) is 0 Å². The van der Waals surface area contributed by atoms with Gasteiger partial charge in [0.1, 0.15) is 5.69 Å². The van der Waals surface area contributed by atoms with Crippen LogP contribution in [0.2, 0.25) is 0 Å². The zero-order valence-electron chi connectivity index (χ0n) is 8.10. The minimum Gasteiger partial charge on any atom is -0.494 e. The smallest absolute Gasteiger partial charge is 0.218 e. The molecule has 1 aliphatic rings. The van der Waals surface area contributed by atoms with Crippen molar-refractivity contribution in [1.82, 2.24) is 4.57 Å². The van der Waals surface area contributed by atoms with Crippen LogP contribution in [0.1, 0.15) is 0 Å². The Morgan fingerprint density at radius 1 is 1.29 bits per heavy atom. The third-order valence-electron chi connectivity index (χ3n) is 2.51. The van der Waals surface area contributed by atoms with E-state index in [9.17, 15) is 10.2 Å². The fraction of sp³-hybridized carbons (Fsp3) is 0.556. The summed E-state index contributed by atoms with van der Waals surface area (Å²) in [5.41, 5.74) is 0.674. The topological polar surface area (TPSA) is 57.9 Å². The van der Waals surface area contributed by atoms with Crippen LogP contribution in [-0.2, 0) is 11.8 Å². The number of aromatic hydroxyl groups is 2. The maximum Gasteiger partial charge on any atom is 0.218 e. The van der Waals surface area contributed by atoms with Gasteiger partial charge in [0, 0.05) is 26.2 Å². The fourth-order valence-corrected chi connectivity index (χ4v) is 1.60. The predicted octanol–water partition coefficient (Wildman–Crippen LogP) is 0.273. The number of hydrogen-bond acceptors (Lipinski definition) is 4. The molecule has 0 saturated carbocycles. The van der Waals surface area contributed by atoms with Crippen LogP contribution in [0.3, 0.4) is 0 Å². The Labute approximate surface area is 82.1 Å². The molecule has 2 heterocycles. The molecule has 5 nitrogen and oxygen atoms in total. The molecule has 14 heavy (non-hydrogen) atoms. The SMILES string of the molecule is Cn1c(O)cc(N2CCOCC2)c1O. The third-order valence-corrected chi connectivity index (χ3v) is 2.51. The molecule has 0 bridgehead atoms. The summed E-state index contributed by atoms with van der Waals surface area (Å²) in [4.78, 5) is 2.00. The van der Waals surface area contributed by atoms with E-state index in [4.69, 9.17) is 4.74 Å². The predicted molar refractivity (Wildman–Crippen MR) is 51.8 cm³/mol. The van der Waals surface area contributed by atoms with Gasteiger partial charge in [0.25, 0.3) is 0 Å². The van der Waals surface area contributed by atoms with E-state index in [1.165, 1.54) is 4.57 Å². The average Bonchev–Trinajstić information content (AvgIpc) is 2.47. The summed E-state index contributed by atoms with van der Waals surface area (Å²) >= 11 is 0. The molecule has 2 rings (SSSR count). The number of ether oxygens (including phenoxy) is 1. The Kier molecular flexibility index (Phi) is 2.25. The molecular weight excluding hydrogens is 184 g/mol. The van der Waals surface area contributed by atoms with E-state index in [0.717, 1.165) is 13.1 Å². The summed E-state index contributed by atoms with van der Waals surface area (Å²) in [5, 5.41) is 19.1. The van der Waals surface area contributed by atoms with E-state index in [-0.39, 0.29) is 11.8 Å². The molecular formula is C9H14N2O3. The van der Waals surface area contributed by atoms with Gasteiger partial charge in [-0.15, -0.1) is 0 Å². The molecule has 1 aromatic rings. The van der Waals surface area contributed by atoms with Crippen molar-refractivity contribution in [3.8, 4) is 11.8 Å². The highest BCUT2D eigenvalue weighted by Gasteiger charge is 2.19. The molecule has 0 amide bonds. The van der Waals surface area contributed by atoms with Crippen molar-refractivity contribution in [1.29, 1.82) is 0 Å². The number of nitrogens with zero attached hydrogens (tertiary/aromatic N) is 2. The average molecular weight is 198 g/mol. The standard InChI is InChI=1S/C9H14N2O3/c1-10-8(12)6-7(9(10)13)11-2-4-14-5-3-11/h6,12-13H,2-5H2,1H3. The highest BCUT2D eigenvalue weighted by Crippen LogP contribution is 2.34. The van der Waals surface area contributed by atoms with Crippen molar-refractivity contribution < 1.29 is 14.9 Å². The van der Waals surface area contributed by atoms with Gasteiger partial charge >= 0.3 is 0 Å². The van der Waals surface area contributed by atoms with Crippen LogP contribution in [-0.4, -0.2) is 41.1 Å². The molecule has 0 aromatic carbocycles. The number of morpholine rings is 1. The molecule has 0 unspecified atom stereocenters. The van der Waals surface area contributed by atoms with Gasteiger partial charge in [-0.3, -0.25) is 4.57 Å². The molecule has 0 radical (unpaired) electrons. The molecule has 78 valence electrons. The van der Waals surface area contributed by atoms with Gasteiger partial charge in [-0.2, -0.15) is 0 Å². The Balaban J connectivity index is 2.26. The zero-order valence-corrected chi connectivity index (χ0v) is 8.10. The monoisotopic (exact) mass is 198 g/mol. The molecule has 1 aromatic heterocycles. The first-order valence-corrected chi connectivity index (χ1v) is 4.60. The van der Waals surface area contributed by atoms with Crippen molar-refractivity contribution in [2.45, 2.75) is 0 Å². The normalized spacial score (nSPS) is 17.4. The quantitative estimate of drug-likeness (QED) is 0.680. The minimum atomic E-state index is 0.0731. The maximum absolute atomic E-state index is 9.69. The highest BCUT2D eigenvalue weighted by molar-refractivity contribution is 5.59. The largest absolute Gasteiger partial charge is 0.494 e. The summed E-state index contributed by atoms with van der Waals surface area (Å²) in [6.07, 6.45) is 0. The van der Waals surface area contributed by atoms with Crippen molar-refractivity contribution in [2.75, 3.05) is 31.2 Å². The van der Waals surface area contributed by atoms with Gasteiger partial charge in [-0.25, -0.2) is 0 Å². The molecule has 1 aliphatic heterocycles. The Morgan fingerprint density at radius 2 is 1.93 bits per heavy atom. The van der Waals surface area contributed by atoms with Crippen LogP contribution in [0.4, 0.5) is 5.69 Å². The van der Waals surface area contributed by atoms with Crippen molar-refractivity contribution in [2.24, 2.45) is 7.05 Å². The first kappa shape index (κ1) is 9.21. The summed E-state index contributed by atoms with van der Waals surface area (Å²) < 4.78 is 6.56. The molecule has 0 spiro atoms. The molecule has 2 N–H and O–H groups in total. The number of anilines is 1. The van der Waals surface area contributed by atoms with Crippen molar-refractivity contribution in [3.05, 3.63) is 6.07 Å². The van der Waals surface area contributed by atoms with Gasteiger partial charge in [0.15, 0.2) is 5.88 Å².